The van der Waals surface area contributed by atoms with Gasteiger partial charge in [-0.3, -0.25) is 5.01 Å². The van der Waals surface area contributed by atoms with Crippen LogP contribution in [-0.4, -0.2) is 20.7 Å². The highest BCUT2D eigenvalue weighted by molar-refractivity contribution is 6.11. The summed E-state index contributed by atoms with van der Waals surface area (Å²) in [6.07, 6.45) is 29.6. The lowest BCUT2D eigenvalue weighted by Crippen LogP contribution is -2.36. The van der Waals surface area contributed by atoms with Crippen molar-refractivity contribution in [2.24, 2.45) is 0 Å². The van der Waals surface area contributed by atoms with E-state index in [1.54, 1.807) is 0 Å². The van der Waals surface area contributed by atoms with Crippen LogP contribution < -0.4 is 11.0 Å². The zero-order valence-corrected chi connectivity index (χ0v) is 38.2. The zero-order valence-electron chi connectivity index (χ0n) is 38.2. The lowest BCUT2D eigenvalue weighted by molar-refractivity contribution is 0.264. The number of fused-ring (bicyclic) bond motifs is 6. The van der Waals surface area contributed by atoms with Gasteiger partial charge in [0.1, 0.15) is 0 Å². The minimum atomic E-state index is 0.526. The number of aromatic nitrogens is 2. The average Bonchev–Trinajstić information content (AvgIpc) is 3.94. The molecular formula is C55H77N5. The minimum absolute atomic E-state index is 0.526. The molecule has 5 nitrogen and oxygen atoms in total. The maximum absolute atomic E-state index is 3.27. The van der Waals surface area contributed by atoms with E-state index in [0.29, 0.717) is 6.04 Å². The molecule has 0 aliphatic carbocycles. The van der Waals surface area contributed by atoms with Crippen LogP contribution in [0, 0.1) is 13.8 Å². The number of hydrogen-bond acceptors (Lipinski definition) is 3. The van der Waals surface area contributed by atoms with Gasteiger partial charge in [0.25, 0.3) is 0 Å². The Morgan fingerprint density at radius 3 is 1.48 bits per heavy atom. The lowest BCUT2D eigenvalue weighted by Gasteiger charge is -2.22. The second kappa shape index (κ2) is 22.0. The van der Waals surface area contributed by atoms with Crippen molar-refractivity contribution in [2.75, 3.05) is 6.54 Å². The molecule has 6 aromatic rings. The largest absolute Gasteiger partial charge is 0.340 e. The summed E-state index contributed by atoms with van der Waals surface area (Å²) >= 11 is 0. The molecule has 0 radical (unpaired) electrons. The Morgan fingerprint density at radius 1 is 0.467 bits per heavy atom. The van der Waals surface area contributed by atoms with Crippen LogP contribution in [0.15, 0.2) is 84.7 Å². The molecule has 7 rings (SSSR count). The first-order valence-electron chi connectivity index (χ1n) is 24.5. The normalized spacial score (nSPS) is 13.2. The van der Waals surface area contributed by atoms with Gasteiger partial charge in [-0.05, 0) is 92.5 Å². The Morgan fingerprint density at radius 2 is 0.917 bits per heavy atom. The summed E-state index contributed by atoms with van der Waals surface area (Å²) < 4.78 is 5.44. The fourth-order valence-corrected chi connectivity index (χ4v) is 10.0. The molecule has 0 amide bonds. The number of benzene rings is 4. The first-order chi connectivity index (χ1) is 29.5. The van der Waals surface area contributed by atoms with E-state index < -0.39 is 0 Å². The summed E-state index contributed by atoms with van der Waals surface area (Å²) in [5.41, 5.74) is 18.7. The van der Waals surface area contributed by atoms with Crippen LogP contribution in [0.25, 0.3) is 54.7 Å². The van der Waals surface area contributed by atoms with E-state index in [2.05, 4.69) is 139 Å². The van der Waals surface area contributed by atoms with Crippen molar-refractivity contribution in [1.82, 2.24) is 25.1 Å². The summed E-state index contributed by atoms with van der Waals surface area (Å²) in [4.78, 5) is 0. The number of unbranched alkanes of at least 4 members (excludes halogenated alkanes) is 15. The maximum Gasteiger partial charge on any atom is 0.0500 e. The molecule has 0 unspecified atom stereocenters. The van der Waals surface area contributed by atoms with Crippen molar-refractivity contribution >= 4 is 43.6 Å². The molecule has 2 N–H and O–H groups in total. The molecule has 0 bridgehead atoms. The Kier molecular flexibility index (Phi) is 16.1. The number of rotatable bonds is 26. The van der Waals surface area contributed by atoms with Crippen molar-refractivity contribution in [3.63, 3.8) is 0 Å². The molecule has 4 aromatic carbocycles. The highest BCUT2D eigenvalue weighted by Gasteiger charge is 2.20. The van der Waals surface area contributed by atoms with Crippen LogP contribution in [-0.2, 0) is 6.54 Å². The molecule has 0 fully saturated rings. The van der Waals surface area contributed by atoms with Crippen molar-refractivity contribution in [2.45, 2.75) is 182 Å². The standard InChI is InChI=1S/C55H77N5/c1-6-9-11-13-17-21-25-47(26-22-18-14-12-10-7-2)60-54-38-43(5)28-32-50(54)51-34-30-45(40-55(51)60)44-29-33-49-48-31-27-42(4)37-52(48)59(53(49)39-44)36-24-20-16-15-19-23-35-58-41-46(8-3)56-57-58/h27-34,37-41,47,56-57H,6-26,35-36H2,1-5H3. The zero-order chi connectivity index (χ0) is 41.7. The van der Waals surface area contributed by atoms with E-state index in [-0.39, 0.29) is 0 Å². The van der Waals surface area contributed by atoms with E-state index in [0.717, 1.165) is 19.5 Å². The van der Waals surface area contributed by atoms with Crippen LogP contribution >= 0.6 is 0 Å². The molecule has 1 aliphatic rings. The quantitative estimate of drug-likeness (QED) is 0.0536. The number of hydrogen-bond donors (Lipinski definition) is 2. The molecule has 1 aliphatic heterocycles. The first-order valence-corrected chi connectivity index (χ1v) is 24.5. The predicted octanol–water partition coefficient (Wildman–Crippen LogP) is 16.1. The molecule has 0 saturated carbocycles. The molecule has 3 heterocycles. The van der Waals surface area contributed by atoms with Crippen molar-refractivity contribution in [1.29, 1.82) is 0 Å². The third kappa shape index (κ3) is 10.8. The second-order valence-corrected chi connectivity index (χ2v) is 18.4. The summed E-state index contributed by atoms with van der Waals surface area (Å²) in [6.45, 7) is 13.5. The number of nitrogens with zero attached hydrogens (tertiary/aromatic N) is 3. The maximum atomic E-state index is 3.27. The Bertz CT molecular complexity index is 2290. The molecule has 60 heavy (non-hydrogen) atoms. The van der Waals surface area contributed by atoms with Crippen LogP contribution in [0.2, 0.25) is 0 Å². The van der Waals surface area contributed by atoms with Gasteiger partial charge in [0.15, 0.2) is 0 Å². The summed E-state index contributed by atoms with van der Waals surface area (Å²) in [5, 5.41) is 7.77. The van der Waals surface area contributed by atoms with E-state index in [9.17, 15) is 0 Å². The molecule has 5 heteroatoms. The fourth-order valence-electron chi connectivity index (χ4n) is 10.0. The highest BCUT2D eigenvalue weighted by Crippen LogP contribution is 2.40. The smallest absolute Gasteiger partial charge is 0.0500 e. The molecular weight excluding hydrogens is 731 g/mol. The Labute approximate surface area is 362 Å². The molecule has 0 saturated heterocycles. The third-order valence-electron chi connectivity index (χ3n) is 13.5. The number of nitrogens with one attached hydrogen (secondary N) is 2. The van der Waals surface area contributed by atoms with Crippen LogP contribution in [0.1, 0.15) is 173 Å². The van der Waals surface area contributed by atoms with E-state index in [1.165, 1.54) is 200 Å². The van der Waals surface area contributed by atoms with Crippen molar-refractivity contribution < 1.29 is 0 Å². The van der Waals surface area contributed by atoms with Crippen LogP contribution in [0.5, 0.6) is 0 Å². The van der Waals surface area contributed by atoms with Gasteiger partial charge < -0.3 is 14.6 Å². The van der Waals surface area contributed by atoms with E-state index in [1.807, 2.05) is 0 Å². The van der Waals surface area contributed by atoms with Gasteiger partial charge in [-0.25, -0.2) is 0 Å². The van der Waals surface area contributed by atoms with Gasteiger partial charge in [-0.1, -0.05) is 172 Å². The van der Waals surface area contributed by atoms with Gasteiger partial charge in [-0.15, -0.1) is 5.53 Å². The van der Waals surface area contributed by atoms with E-state index >= 15 is 0 Å². The van der Waals surface area contributed by atoms with Crippen LogP contribution in [0.4, 0.5) is 0 Å². The third-order valence-corrected chi connectivity index (χ3v) is 13.5. The molecule has 322 valence electrons. The van der Waals surface area contributed by atoms with E-state index in [4.69, 9.17) is 0 Å². The number of aryl methyl sites for hydroxylation is 3. The van der Waals surface area contributed by atoms with Crippen molar-refractivity contribution in [3.05, 3.63) is 95.8 Å². The molecule has 2 aromatic heterocycles. The lowest BCUT2D eigenvalue weighted by atomic mass is 9.99. The predicted molar refractivity (Wildman–Crippen MR) is 261 cm³/mol. The summed E-state index contributed by atoms with van der Waals surface area (Å²) in [6, 6.07) is 29.4. The number of hydrazine groups is 2. The van der Waals surface area contributed by atoms with Crippen LogP contribution in [0.3, 0.4) is 0 Å². The Balaban J connectivity index is 1.14. The average molecular weight is 808 g/mol. The fraction of sp³-hybridized carbons (Fsp3) is 0.527. The van der Waals surface area contributed by atoms with Crippen molar-refractivity contribution in [3.8, 4) is 11.1 Å². The van der Waals surface area contributed by atoms with Gasteiger partial charge in [0.05, 0.1) is 0 Å². The molecule has 0 atom stereocenters. The second-order valence-electron chi connectivity index (χ2n) is 18.4. The molecule has 0 spiro atoms. The summed E-state index contributed by atoms with van der Waals surface area (Å²) in [5.74, 6) is 0. The topological polar surface area (TPSA) is 37.2 Å². The van der Waals surface area contributed by atoms with Gasteiger partial charge >= 0.3 is 0 Å². The van der Waals surface area contributed by atoms with Gasteiger partial charge in [0.2, 0.25) is 0 Å². The van der Waals surface area contributed by atoms with Gasteiger partial charge in [-0.2, -0.15) is 0 Å². The SMILES string of the molecule is CCCCCCCCC(CCCCCCCC)n1c2cc(C)ccc2c2ccc(-c3ccc4c5ccc(C)cc5n(CCCCCCCCN5C=C(CC)NN5)c4c3)cc21. The summed E-state index contributed by atoms with van der Waals surface area (Å²) in [7, 11) is 0. The first kappa shape index (κ1) is 43.9. The monoisotopic (exact) mass is 808 g/mol. The highest BCUT2D eigenvalue weighted by atomic mass is 15.7. The Hall–Kier alpha value is -4.22. The minimum Gasteiger partial charge on any atom is -0.340 e. The van der Waals surface area contributed by atoms with Gasteiger partial charge in [0, 0.05) is 74.6 Å². The number of allylic oxidation sites excluding steroid dienone is 1.